The molecule has 1 N–H and O–H groups in total. The predicted molar refractivity (Wildman–Crippen MR) is 91.7 cm³/mol. The Bertz CT molecular complexity index is 1000. The molecule has 1 aliphatic carbocycles. The maximum atomic E-state index is 13.0. The zero-order valence-corrected chi connectivity index (χ0v) is 14.4. The third-order valence-electron chi connectivity index (χ3n) is 4.18. The molecule has 3 rings (SSSR count). The lowest BCUT2D eigenvalue weighted by Gasteiger charge is -2.35. The summed E-state index contributed by atoms with van der Waals surface area (Å²) >= 11 is 0. The second-order valence-electron chi connectivity index (χ2n) is 6.29. The molecule has 2 aromatic carbocycles. The van der Waals surface area contributed by atoms with Crippen LogP contribution in [0.4, 0.5) is 28.9 Å². The summed E-state index contributed by atoms with van der Waals surface area (Å²) in [4.78, 5) is 25.5. The van der Waals surface area contributed by atoms with Crippen molar-refractivity contribution in [1.29, 1.82) is 0 Å². The van der Waals surface area contributed by atoms with E-state index in [-0.39, 0.29) is 23.6 Å². The Morgan fingerprint density at radius 1 is 1.21 bits per heavy atom. The van der Waals surface area contributed by atoms with E-state index in [0.717, 1.165) is 18.2 Å². The van der Waals surface area contributed by atoms with E-state index in [2.05, 4.69) is 4.99 Å². The number of Topliss-reactive ketones (excluding diaryl/α,β-unsaturated/α-hetero) is 1. The highest BCUT2D eigenvalue weighted by Crippen LogP contribution is 2.39. The first-order chi connectivity index (χ1) is 13.5. The number of aliphatic imine (C=N–C) groups is 1. The second kappa shape index (κ2) is 7.24. The van der Waals surface area contributed by atoms with Gasteiger partial charge in [-0.3, -0.25) is 14.9 Å². The Morgan fingerprint density at radius 2 is 1.86 bits per heavy atom. The van der Waals surface area contributed by atoms with Crippen molar-refractivity contribution in [1.82, 2.24) is 0 Å². The van der Waals surface area contributed by atoms with E-state index in [1.54, 1.807) is 0 Å². The molecule has 29 heavy (non-hydrogen) atoms. The van der Waals surface area contributed by atoms with Gasteiger partial charge in [0, 0.05) is 12.5 Å². The van der Waals surface area contributed by atoms with Gasteiger partial charge in [-0.15, -0.1) is 0 Å². The zero-order chi connectivity index (χ0) is 21.4. The molecule has 2 aromatic rings. The van der Waals surface area contributed by atoms with Crippen LogP contribution in [0.15, 0.2) is 47.5 Å². The van der Waals surface area contributed by atoms with Crippen molar-refractivity contribution in [2.24, 2.45) is 4.99 Å². The van der Waals surface area contributed by atoms with Gasteiger partial charge in [-0.25, -0.2) is 9.38 Å². The fourth-order valence-electron chi connectivity index (χ4n) is 2.68. The maximum absolute atomic E-state index is 13.0. The minimum Gasteiger partial charge on any atom is -0.490 e. The molecule has 0 aliphatic heterocycles. The van der Waals surface area contributed by atoms with E-state index in [1.165, 1.54) is 12.1 Å². The number of aliphatic hydroxyl groups is 1. The number of ether oxygens (including phenoxy) is 1. The van der Waals surface area contributed by atoms with E-state index in [1.807, 2.05) is 0 Å². The summed E-state index contributed by atoms with van der Waals surface area (Å²) in [5.41, 5.74) is -5.05. The number of nitro benzene ring substituents is 1. The van der Waals surface area contributed by atoms with Crippen LogP contribution in [0.2, 0.25) is 0 Å². The van der Waals surface area contributed by atoms with Gasteiger partial charge in [-0.05, 0) is 36.4 Å². The summed E-state index contributed by atoms with van der Waals surface area (Å²) in [6.45, 7) is -0.454. The Labute approximate surface area is 160 Å². The Hall–Kier alpha value is -3.34. The number of halogens is 4. The molecular formula is C18H12F4N2O5. The van der Waals surface area contributed by atoms with Crippen LogP contribution in [0.5, 0.6) is 5.75 Å². The number of benzene rings is 2. The van der Waals surface area contributed by atoms with Gasteiger partial charge < -0.3 is 9.84 Å². The highest BCUT2D eigenvalue weighted by atomic mass is 19.4. The SMILES string of the molecule is O=C1C(=Nc2ccc([N+](=O)[O-])c(C(F)(F)F)c2)C[C@]1(O)COc1ccc(F)cc1. The fraction of sp³-hybridized carbons (Fsp3) is 0.222. The van der Waals surface area contributed by atoms with E-state index in [4.69, 9.17) is 4.74 Å². The molecule has 0 spiro atoms. The minimum atomic E-state index is -4.98. The summed E-state index contributed by atoms with van der Waals surface area (Å²) in [6, 6.07) is 6.93. The number of hydrogen-bond acceptors (Lipinski definition) is 6. The molecule has 1 fully saturated rings. The van der Waals surface area contributed by atoms with Gasteiger partial charge in [-0.1, -0.05) is 0 Å². The van der Waals surface area contributed by atoms with Crippen LogP contribution in [0.1, 0.15) is 12.0 Å². The molecule has 0 amide bonds. The monoisotopic (exact) mass is 412 g/mol. The van der Waals surface area contributed by atoms with E-state index in [9.17, 15) is 37.6 Å². The number of hydrogen-bond donors (Lipinski definition) is 1. The van der Waals surface area contributed by atoms with Crippen LogP contribution in [-0.4, -0.2) is 33.7 Å². The van der Waals surface area contributed by atoms with E-state index < -0.39 is 46.2 Å². The van der Waals surface area contributed by atoms with E-state index >= 15 is 0 Å². The van der Waals surface area contributed by atoms with Crippen LogP contribution in [0.3, 0.4) is 0 Å². The van der Waals surface area contributed by atoms with Crippen LogP contribution >= 0.6 is 0 Å². The van der Waals surface area contributed by atoms with Crippen molar-refractivity contribution in [2.45, 2.75) is 18.2 Å². The molecule has 1 atom stereocenters. The Morgan fingerprint density at radius 3 is 2.41 bits per heavy atom. The predicted octanol–water partition coefficient (Wildman–Crippen LogP) is 3.61. The molecular weight excluding hydrogens is 400 g/mol. The lowest BCUT2D eigenvalue weighted by Crippen LogP contribution is -2.59. The van der Waals surface area contributed by atoms with Crippen molar-refractivity contribution < 1.29 is 37.1 Å². The summed E-state index contributed by atoms with van der Waals surface area (Å²) in [5, 5.41) is 21.0. The fourth-order valence-corrected chi connectivity index (χ4v) is 2.68. The first kappa shape index (κ1) is 20.4. The second-order valence-corrected chi connectivity index (χ2v) is 6.29. The minimum absolute atomic E-state index is 0.197. The van der Waals surface area contributed by atoms with Crippen LogP contribution in [0.25, 0.3) is 0 Å². The number of alkyl halides is 3. The van der Waals surface area contributed by atoms with E-state index in [0.29, 0.717) is 12.1 Å². The Kier molecular flexibility index (Phi) is 5.09. The quantitative estimate of drug-likeness (QED) is 0.459. The van der Waals surface area contributed by atoms with Crippen molar-refractivity contribution >= 4 is 22.9 Å². The third kappa shape index (κ3) is 4.24. The molecule has 152 valence electrons. The topological polar surface area (TPSA) is 102 Å². The molecule has 0 unspecified atom stereocenters. The van der Waals surface area contributed by atoms with Crippen molar-refractivity contribution in [3.05, 3.63) is 64.0 Å². The summed E-state index contributed by atoms with van der Waals surface area (Å²) in [6.07, 6.45) is -5.27. The molecule has 0 bridgehead atoms. The van der Waals surface area contributed by atoms with Crippen molar-refractivity contribution in [3.8, 4) is 5.75 Å². The number of rotatable bonds is 5. The van der Waals surface area contributed by atoms with Gasteiger partial charge in [0.15, 0.2) is 5.60 Å². The van der Waals surface area contributed by atoms with Gasteiger partial charge in [0.25, 0.3) is 5.69 Å². The highest BCUT2D eigenvalue weighted by Gasteiger charge is 2.51. The summed E-state index contributed by atoms with van der Waals surface area (Å²) in [5.74, 6) is -1.12. The Balaban J connectivity index is 1.75. The molecule has 0 aromatic heterocycles. The van der Waals surface area contributed by atoms with Crippen LogP contribution < -0.4 is 4.74 Å². The molecule has 1 saturated carbocycles. The highest BCUT2D eigenvalue weighted by molar-refractivity contribution is 6.50. The third-order valence-corrected chi connectivity index (χ3v) is 4.18. The van der Waals surface area contributed by atoms with Gasteiger partial charge >= 0.3 is 6.18 Å². The number of nitrogens with zero attached hydrogens (tertiary/aromatic N) is 2. The standard InChI is InChI=1S/C18H12F4N2O5/c19-10-1-4-12(5-2-10)29-9-17(26)8-14(16(17)25)23-11-3-6-15(24(27)28)13(7-11)18(20,21)22/h1-7,26H,8-9H2/t17-/m0/s1. The molecule has 0 saturated heterocycles. The average Bonchev–Trinajstić information content (AvgIpc) is 2.66. The number of nitro groups is 1. The van der Waals surface area contributed by atoms with Gasteiger partial charge in [0.2, 0.25) is 5.78 Å². The first-order valence-electron chi connectivity index (χ1n) is 8.08. The zero-order valence-electron chi connectivity index (χ0n) is 14.4. The number of ketones is 1. The van der Waals surface area contributed by atoms with Gasteiger partial charge in [-0.2, -0.15) is 13.2 Å². The smallest absolute Gasteiger partial charge is 0.423 e. The number of carbonyl (C=O) groups excluding carboxylic acids is 1. The lowest BCUT2D eigenvalue weighted by atomic mass is 9.77. The van der Waals surface area contributed by atoms with Crippen LogP contribution in [0, 0.1) is 15.9 Å². The van der Waals surface area contributed by atoms with Crippen molar-refractivity contribution in [2.75, 3.05) is 6.61 Å². The van der Waals surface area contributed by atoms with Crippen molar-refractivity contribution in [3.63, 3.8) is 0 Å². The molecule has 0 heterocycles. The normalized spacial score (nSPS) is 20.4. The summed E-state index contributed by atoms with van der Waals surface area (Å²) < 4.78 is 57.1. The average molecular weight is 412 g/mol. The van der Waals surface area contributed by atoms with Crippen LogP contribution in [-0.2, 0) is 11.0 Å². The molecule has 0 radical (unpaired) electrons. The van der Waals surface area contributed by atoms with Gasteiger partial charge in [0.05, 0.1) is 16.3 Å². The number of carbonyl (C=O) groups is 1. The van der Waals surface area contributed by atoms with Gasteiger partial charge in [0.1, 0.15) is 23.7 Å². The maximum Gasteiger partial charge on any atom is 0.423 e. The first-order valence-corrected chi connectivity index (χ1v) is 8.08. The molecule has 1 aliphatic rings. The lowest BCUT2D eigenvalue weighted by molar-refractivity contribution is -0.388. The molecule has 7 nitrogen and oxygen atoms in total. The molecule has 11 heteroatoms. The summed E-state index contributed by atoms with van der Waals surface area (Å²) in [7, 11) is 0. The largest absolute Gasteiger partial charge is 0.490 e.